The van der Waals surface area contributed by atoms with Crippen LogP contribution in [0.25, 0.3) is 6.08 Å². The quantitative estimate of drug-likeness (QED) is 0.591. The van der Waals surface area contributed by atoms with Crippen molar-refractivity contribution in [3.8, 4) is 6.07 Å². The lowest BCUT2D eigenvalue weighted by Crippen LogP contribution is -2.23. The Kier molecular flexibility index (Phi) is 5.12. The highest BCUT2D eigenvalue weighted by Crippen LogP contribution is 2.17. The fraction of sp³-hybridized carbons (Fsp3) is 0.462. The molecule has 0 aromatic carbocycles. The second-order valence-electron chi connectivity index (χ2n) is 3.82. The number of allylic oxidation sites excluding steroid dienone is 1. The van der Waals surface area contributed by atoms with Crippen molar-refractivity contribution in [1.29, 1.82) is 5.26 Å². The van der Waals surface area contributed by atoms with Crippen molar-refractivity contribution in [1.82, 2.24) is 9.78 Å². The summed E-state index contributed by atoms with van der Waals surface area (Å²) in [6, 6.07) is 3.37. The van der Waals surface area contributed by atoms with E-state index in [4.69, 9.17) is 10.00 Å². The molecule has 0 saturated heterocycles. The van der Waals surface area contributed by atoms with Crippen molar-refractivity contribution in [2.24, 2.45) is 0 Å². The average molecular weight is 247 g/mol. The molecule has 1 atom stereocenters. The number of ether oxygens (including phenoxy) is 1. The van der Waals surface area contributed by atoms with Gasteiger partial charge < -0.3 is 4.74 Å². The van der Waals surface area contributed by atoms with Crippen LogP contribution in [0.3, 0.4) is 0 Å². The lowest BCUT2D eigenvalue weighted by molar-refractivity contribution is -0.147. The van der Waals surface area contributed by atoms with Crippen LogP contribution in [-0.4, -0.2) is 22.4 Å². The number of carbonyl (C=O) groups is 1. The first-order chi connectivity index (χ1) is 8.63. The van der Waals surface area contributed by atoms with Gasteiger partial charge in [-0.2, -0.15) is 10.4 Å². The second-order valence-corrected chi connectivity index (χ2v) is 3.82. The largest absolute Gasteiger partial charge is 0.464 e. The number of nitrogens with zero attached hydrogens (tertiary/aromatic N) is 3. The average Bonchev–Trinajstić information content (AvgIpc) is 2.78. The molecular weight excluding hydrogens is 230 g/mol. The van der Waals surface area contributed by atoms with Gasteiger partial charge in [-0.15, -0.1) is 0 Å². The summed E-state index contributed by atoms with van der Waals surface area (Å²) in [7, 11) is 0. The van der Waals surface area contributed by atoms with Crippen molar-refractivity contribution in [2.75, 3.05) is 6.61 Å². The summed E-state index contributed by atoms with van der Waals surface area (Å²) < 4.78 is 6.62. The fourth-order valence-corrected chi connectivity index (χ4v) is 1.63. The molecule has 1 aromatic rings. The standard InChI is InChI=1S/C13H17N3O2/c1-4-12(13(17)18-5-2)16-11(6-7-15-16)8-10(3)9-14/h6-8,12H,4-5H2,1-3H3/b10-8-. The molecular formula is C13H17N3O2. The van der Waals surface area contributed by atoms with Crippen LogP contribution in [-0.2, 0) is 9.53 Å². The normalized spacial score (nSPS) is 12.9. The minimum atomic E-state index is -0.447. The SMILES string of the molecule is CCOC(=O)C(CC)n1nccc1/C=C(/C)C#N. The molecule has 1 unspecified atom stereocenters. The lowest BCUT2D eigenvalue weighted by atomic mass is 10.2. The molecule has 0 N–H and O–H groups in total. The van der Waals surface area contributed by atoms with Gasteiger partial charge in [0.05, 0.1) is 18.4 Å². The van der Waals surface area contributed by atoms with Crippen LogP contribution in [0.1, 0.15) is 38.9 Å². The topological polar surface area (TPSA) is 67.9 Å². The summed E-state index contributed by atoms with van der Waals surface area (Å²) >= 11 is 0. The van der Waals surface area contributed by atoms with Crippen molar-refractivity contribution >= 4 is 12.0 Å². The Morgan fingerprint density at radius 2 is 2.39 bits per heavy atom. The molecule has 0 amide bonds. The van der Waals surface area contributed by atoms with Gasteiger partial charge in [0.25, 0.3) is 0 Å². The zero-order valence-electron chi connectivity index (χ0n) is 10.9. The zero-order chi connectivity index (χ0) is 13.5. The number of aromatic nitrogens is 2. The van der Waals surface area contributed by atoms with Crippen molar-refractivity contribution in [3.05, 3.63) is 23.5 Å². The van der Waals surface area contributed by atoms with E-state index < -0.39 is 6.04 Å². The van der Waals surface area contributed by atoms with Crippen molar-refractivity contribution in [2.45, 2.75) is 33.2 Å². The summed E-state index contributed by atoms with van der Waals surface area (Å²) in [6.07, 6.45) is 3.90. The molecule has 0 radical (unpaired) electrons. The van der Waals surface area contributed by atoms with Crippen LogP contribution in [0.5, 0.6) is 0 Å². The third-order valence-corrected chi connectivity index (χ3v) is 2.48. The monoisotopic (exact) mass is 247 g/mol. The van der Waals surface area contributed by atoms with E-state index in [1.165, 1.54) is 0 Å². The smallest absolute Gasteiger partial charge is 0.330 e. The molecule has 0 fully saturated rings. The molecule has 1 rings (SSSR count). The molecule has 5 nitrogen and oxygen atoms in total. The van der Waals surface area contributed by atoms with E-state index in [2.05, 4.69) is 5.10 Å². The molecule has 1 heterocycles. The first-order valence-corrected chi connectivity index (χ1v) is 5.92. The van der Waals surface area contributed by atoms with E-state index >= 15 is 0 Å². The van der Waals surface area contributed by atoms with Crippen LogP contribution < -0.4 is 0 Å². The summed E-state index contributed by atoms with van der Waals surface area (Å²) in [5.74, 6) is -0.298. The van der Waals surface area contributed by atoms with E-state index in [-0.39, 0.29) is 5.97 Å². The minimum Gasteiger partial charge on any atom is -0.464 e. The molecule has 0 bridgehead atoms. The van der Waals surface area contributed by atoms with Crippen LogP contribution in [0, 0.1) is 11.3 Å². The molecule has 1 aromatic heterocycles. The highest BCUT2D eigenvalue weighted by atomic mass is 16.5. The van der Waals surface area contributed by atoms with E-state index in [1.807, 2.05) is 13.0 Å². The van der Waals surface area contributed by atoms with Gasteiger partial charge in [-0.25, -0.2) is 4.79 Å². The third kappa shape index (κ3) is 3.20. The molecule has 0 aliphatic carbocycles. The molecule has 5 heteroatoms. The highest BCUT2D eigenvalue weighted by Gasteiger charge is 2.21. The Balaban J connectivity index is 3.05. The Hall–Kier alpha value is -2.09. The van der Waals surface area contributed by atoms with Gasteiger partial charge in [0.1, 0.15) is 6.04 Å². The molecule has 0 aliphatic rings. The molecule has 18 heavy (non-hydrogen) atoms. The van der Waals surface area contributed by atoms with Gasteiger partial charge in [0.2, 0.25) is 0 Å². The number of rotatable bonds is 5. The molecule has 0 aliphatic heterocycles. The maximum atomic E-state index is 11.8. The zero-order valence-corrected chi connectivity index (χ0v) is 10.9. The van der Waals surface area contributed by atoms with E-state index in [9.17, 15) is 4.79 Å². The maximum absolute atomic E-state index is 11.8. The highest BCUT2D eigenvalue weighted by molar-refractivity contribution is 5.74. The first-order valence-electron chi connectivity index (χ1n) is 5.92. The third-order valence-electron chi connectivity index (χ3n) is 2.48. The van der Waals surface area contributed by atoms with Crippen LogP contribution >= 0.6 is 0 Å². The van der Waals surface area contributed by atoms with Gasteiger partial charge in [-0.3, -0.25) is 4.68 Å². The predicted octanol–water partition coefficient (Wildman–Crippen LogP) is 2.32. The second kappa shape index (κ2) is 6.60. The Bertz CT molecular complexity index is 483. The number of hydrogen-bond donors (Lipinski definition) is 0. The molecule has 0 spiro atoms. The van der Waals surface area contributed by atoms with Gasteiger partial charge in [-0.1, -0.05) is 6.92 Å². The molecule has 96 valence electrons. The van der Waals surface area contributed by atoms with E-state index in [1.54, 1.807) is 36.9 Å². The Morgan fingerprint density at radius 3 is 2.94 bits per heavy atom. The van der Waals surface area contributed by atoms with Gasteiger partial charge in [0, 0.05) is 11.8 Å². The maximum Gasteiger partial charge on any atom is 0.330 e. The van der Waals surface area contributed by atoms with E-state index in [0.717, 1.165) is 5.69 Å². The number of carbonyl (C=O) groups excluding carboxylic acids is 1. The Labute approximate surface area is 107 Å². The summed E-state index contributed by atoms with van der Waals surface area (Å²) in [4.78, 5) is 11.8. The molecule has 0 saturated carbocycles. The fourth-order valence-electron chi connectivity index (χ4n) is 1.63. The summed E-state index contributed by atoms with van der Waals surface area (Å²) in [6.45, 7) is 5.73. The van der Waals surface area contributed by atoms with Gasteiger partial charge in [0.15, 0.2) is 0 Å². The first kappa shape index (κ1) is 14.0. The summed E-state index contributed by atoms with van der Waals surface area (Å²) in [5.41, 5.74) is 1.30. The van der Waals surface area contributed by atoms with Crippen molar-refractivity contribution in [3.63, 3.8) is 0 Å². The van der Waals surface area contributed by atoms with Crippen LogP contribution in [0.2, 0.25) is 0 Å². The number of nitriles is 1. The summed E-state index contributed by atoms with van der Waals surface area (Å²) in [5, 5.41) is 12.9. The van der Waals surface area contributed by atoms with Crippen LogP contribution in [0.4, 0.5) is 0 Å². The number of esters is 1. The lowest BCUT2D eigenvalue weighted by Gasteiger charge is -2.15. The Morgan fingerprint density at radius 1 is 1.67 bits per heavy atom. The van der Waals surface area contributed by atoms with Gasteiger partial charge in [-0.05, 0) is 32.4 Å². The van der Waals surface area contributed by atoms with E-state index in [0.29, 0.717) is 18.6 Å². The van der Waals surface area contributed by atoms with Gasteiger partial charge >= 0.3 is 5.97 Å². The minimum absolute atomic E-state index is 0.298. The van der Waals surface area contributed by atoms with Crippen LogP contribution in [0.15, 0.2) is 17.8 Å². The van der Waals surface area contributed by atoms with Crippen molar-refractivity contribution < 1.29 is 9.53 Å². The predicted molar refractivity (Wildman–Crippen MR) is 67.5 cm³/mol. The number of hydrogen-bond acceptors (Lipinski definition) is 4.